The summed E-state index contributed by atoms with van der Waals surface area (Å²) in [6, 6.07) is 0. The van der Waals surface area contributed by atoms with Gasteiger partial charge >= 0.3 is 0 Å². The summed E-state index contributed by atoms with van der Waals surface area (Å²) in [6.45, 7) is 6.64. The first-order valence-electron chi connectivity index (χ1n) is 8.30. The summed E-state index contributed by atoms with van der Waals surface area (Å²) in [7, 11) is 0. The van der Waals surface area contributed by atoms with Crippen LogP contribution in [0.15, 0.2) is 0 Å². The second kappa shape index (κ2) is 15.0. The number of hydrogen-bond acceptors (Lipinski definition) is 2. The fourth-order valence-electron chi connectivity index (χ4n) is 2.28. The van der Waals surface area contributed by atoms with Crippen LogP contribution >= 0.6 is 0 Å². The Kier molecular flexibility index (Phi) is 14.9. The Bertz CT molecular complexity index is 148. The minimum atomic E-state index is 1.06. The fourth-order valence-corrected chi connectivity index (χ4v) is 2.28. The van der Waals surface area contributed by atoms with Gasteiger partial charge in [0.25, 0.3) is 0 Å². The molecule has 0 rings (SSSR count). The van der Waals surface area contributed by atoms with Gasteiger partial charge in [-0.3, -0.25) is 5.84 Å². The molecule has 110 valence electrons. The van der Waals surface area contributed by atoms with Crippen molar-refractivity contribution in [1.82, 2.24) is 5.01 Å². The van der Waals surface area contributed by atoms with E-state index < -0.39 is 0 Å². The quantitative estimate of drug-likeness (QED) is 0.272. The maximum Gasteiger partial charge on any atom is 0.0128 e. The Morgan fingerprint density at radius 1 is 0.556 bits per heavy atom. The molecule has 0 aliphatic carbocycles. The Labute approximate surface area is 115 Å². The van der Waals surface area contributed by atoms with Crippen molar-refractivity contribution >= 4 is 0 Å². The number of hydrogen-bond donors (Lipinski definition) is 1. The molecule has 0 saturated heterocycles. The van der Waals surface area contributed by atoms with Crippen molar-refractivity contribution in [3.05, 3.63) is 0 Å². The van der Waals surface area contributed by atoms with E-state index in [1.165, 1.54) is 77.0 Å². The molecule has 0 saturated carbocycles. The van der Waals surface area contributed by atoms with E-state index in [0.29, 0.717) is 0 Å². The Hall–Kier alpha value is -0.0800. The van der Waals surface area contributed by atoms with Gasteiger partial charge in [0.15, 0.2) is 0 Å². The van der Waals surface area contributed by atoms with E-state index in [-0.39, 0.29) is 0 Å². The van der Waals surface area contributed by atoms with Gasteiger partial charge < -0.3 is 0 Å². The predicted octanol–water partition coefficient (Wildman–Crippen LogP) is 4.88. The topological polar surface area (TPSA) is 29.3 Å². The molecule has 18 heavy (non-hydrogen) atoms. The third-order valence-electron chi connectivity index (χ3n) is 3.60. The van der Waals surface area contributed by atoms with Crippen LogP contribution in [-0.2, 0) is 0 Å². The number of nitrogens with zero attached hydrogens (tertiary/aromatic N) is 1. The van der Waals surface area contributed by atoms with Crippen molar-refractivity contribution in [1.29, 1.82) is 0 Å². The summed E-state index contributed by atoms with van der Waals surface area (Å²) < 4.78 is 0. The molecule has 0 aromatic heterocycles. The maximum atomic E-state index is 5.90. The van der Waals surface area contributed by atoms with Crippen molar-refractivity contribution < 1.29 is 0 Å². The van der Waals surface area contributed by atoms with Crippen LogP contribution in [-0.4, -0.2) is 18.1 Å². The molecular weight excluding hydrogens is 220 g/mol. The SMILES string of the molecule is CCCCCCCCCCCCN(N)CCCC. The van der Waals surface area contributed by atoms with Gasteiger partial charge in [0.1, 0.15) is 0 Å². The standard InChI is InChI=1S/C16H36N2/c1-3-5-7-8-9-10-11-12-13-14-16-18(17)15-6-4-2/h3-17H2,1-2H3. The number of nitrogens with two attached hydrogens (primary N) is 1. The summed E-state index contributed by atoms with van der Waals surface area (Å²) in [5.41, 5.74) is 0. The minimum Gasteiger partial charge on any atom is -0.269 e. The smallest absolute Gasteiger partial charge is 0.0128 e. The lowest BCUT2D eigenvalue weighted by molar-refractivity contribution is 0.271. The van der Waals surface area contributed by atoms with Crippen LogP contribution in [0, 0.1) is 0 Å². The van der Waals surface area contributed by atoms with Crippen LogP contribution < -0.4 is 5.84 Å². The van der Waals surface area contributed by atoms with Crippen LogP contribution in [0.1, 0.15) is 90.9 Å². The van der Waals surface area contributed by atoms with E-state index in [1.807, 2.05) is 5.01 Å². The van der Waals surface area contributed by atoms with Gasteiger partial charge in [0.05, 0.1) is 0 Å². The zero-order valence-corrected chi connectivity index (χ0v) is 12.9. The minimum absolute atomic E-state index is 1.06. The average molecular weight is 256 g/mol. The van der Waals surface area contributed by atoms with Gasteiger partial charge in [0.2, 0.25) is 0 Å². The van der Waals surface area contributed by atoms with E-state index >= 15 is 0 Å². The molecule has 0 radical (unpaired) electrons. The molecule has 0 fully saturated rings. The highest BCUT2D eigenvalue weighted by Crippen LogP contribution is 2.10. The van der Waals surface area contributed by atoms with Crippen LogP contribution in [0.3, 0.4) is 0 Å². The molecule has 0 aromatic carbocycles. The van der Waals surface area contributed by atoms with Gasteiger partial charge in [0, 0.05) is 13.1 Å². The highest BCUT2D eigenvalue weighted by molar-refractivity contribution is 4.51. The molecule has 0 aliphatic heterocycles. The molecule has 2 N–H and O–H groups in total. The van der Waals surface area contributed by atoms with E-state index in [9.17, 15) is 0 Å². The highest BCUT2D eigenvalue weighted by atomic mass is 15.4. The lowest BCUT2D eigenvalue weighted by Crippen LogP contribution is -2.32. The molecule has 0 aromatic rings. The van der Waals surface area contributed by atoms with Crippen LogP contribution in [0.2, 0.25) is 0 Å². The predicted molar refractivity (Wildman–Crippen MR) is 82.5 cm³/mol. The summed E-state index contributed by atoms with van der Waals surface area (Å²) >= 11 is 0. The zero-order valence-electron chi connectivity index (χ0n) is 12.9. The molecule has 0 aliphatic rings. The lowest BCUT2D eigenvalue weighted by Gasteiger charge is -2.15. The van der Waals surface area contributed by atoms with Gasteiger partial charge in [-0.05, 0) is 12.8 Å². The van der Waals surface area contributed by atoms with E-state index in [4.69, 9.17) is 5.84 Å². The molecule has 0 amide bonds. The van der Waals surface area contributed by atoms with E-state index in [1.54, 1.807) is 0 Å². The molecule has 0 bridgehead atoms. The van der Waals surface area contributed by atoms with E-state index in [0.717, 1.165) is 13.1 Å². The van der Waals surface area contributed by atoms with Crippen molar-refractivity contribution in [2.24, 2.45) is 5.84 Å². The average Bonchev–Trinajstić information content (AvgIpc) is 2.38. The number of hydrazine groups is 1. The highest BCUT2D eigenvalue weighted by Gasteiger charge is 1.97. The molecule has 0 atom stereocenters. The Morgan fingerprint density at radius 2 is 0.944 bits per heavy atom. The number of unbranched alkanes of at least 4 members (excludes halogenated alkanes) is 10. The lowest BCUT2D eigenvalue weighted by atomic mass is 10.1. The normalized spacial score (nSPS) is 11.3. The summed E-state index contributed by atoms with van der Waals surface area (Å²) in [6.07, 6.45) is 16.5. The molecule has 0 heterocycles. The molecule has 0 unspecified atom stereocenters. The first-order valence-corrected chi connectivity index (χ1v) is 8.30. The zero-order chi connectivity index (χ0) is 13.5. The third kappa shape index (κ3) is 14.0. The molecule has 2 nitrogen and oxygen atoms in total. The summed E-state index contributed by atoms with van der Waals surface area (Å²) in [5.74, 6) is 5.90. The van der Waals surface area contributed by atoms with Gasteiger partial charge in [-0.15, -0.1) is 0 Å². The Balaban J connectivity index is 3.02. The third-order valence-corrected chi connectivity index (χ3v) is 3.60. The van der Waals surface area contributed by atoms with Crippen LogP contribution in [0.25, 0.3) is 0 Å². The largest absolute Gasteiger partial charge is 0.269 e. The maximum absolute atomic E-state index is 5.90. The van der Waals surface area contributed by atoms with Gasteiger partial charge in [-0.2, -0.15) is 0 Å². The Morgan fingerprint density at radius 3 is 1.44 bits per heavy atom. The van der Waals surface area contributed by atoms with Crippen molar-refractivity contribution in [2.45, 2.75) is 90.9 Å². The monoisotopic (exact) mass is 256 g/mol. The summed E-state index contributed by atoms with van der Waals surface area (Å²) in [5, 5.41) is 1.99. The summed E-state index contributed by atoms with van der Waals surface area (Å²) in [4.78, 5) is 0. The van der Waals surface area contributed by atoms with Crippen LogP contribution in [0.4, 0.5) is 0 Å². The molecule has 0 spiro atoms. The van der Waals surface area contributed by atoms with Crippen molar-refractivity contribution in [2.75, 3.05) is 13.1 Å². The van der Waals surface area contributed by atoms with Gasteiger partial charge in [-0.1, -0.05) is 78.1 Å². The second-order valence-corrected chi connectivity index (χ2v) is 5.57. The fraction of sp³-hybridized carbons (Fsp3) is 1.00. The first-order chi connectivity index (χ1) is 8.81. The second-order valence-electron chi connectivity index (χ2n) is 5.57. The number of rotatable bonds is 14. The van der Waals surface area contributed by atoms with Crippen molar-refractivity contribution in [3.63, 3.8) is 0 Å². The van der Waals surface area contributed by atoms with E-state index in [2.05, 4.69) is 13.8 Å². The van der Waals surface area contributed by atoms with Crippen molar-refractivity contribution in [3.8, 4) is 0 Å². The van der Waals surface area contributed by atoms with Crippen LogP contribution in [0.5, 0.6) is 0 Å². The molecular formula is C16H36N2. The van der Waals surface area contributed by atoms with Gasteiger partial charge in [-0.25, -0.2) is 5.01 Å². The first kappa shape index (κ1) is 17.9. The molecule has 2 heteroatoms.